The van der Waals surface area contributed by atoms with E-state index in [2.05, 4.69) is 10.6 Å². The fraction of sp³-hybridized carbons (Fsp3) is 0.462. The highest BCUT2D eigenvalue weighted by molar-refractivity contribution is 5.80. The molecule has 1 rings (SSSR count). The number of carbonyl (C=O) groups excluding carboxylic acids is 1. The highest BCUT2D eigenvalue weighted by Crippen LogP contribution is 2.22. The fourth-order valence-corrected chi connectivity index (χ4v) is 1.71. The smallest absolute Gasteiger partial charge is 0.236 e. The Balaban J connectivity index is 2.78. The number of likely N-dealkylation sites (N-methyl/N-ethyl adjacent to an activating group) is 1. The maximum atomic E-state index is 13.3. The number of hydrogen-bond acceptors (Lipinski definition) is 3. The Kier molecular flexibility index (Phi) is 5.09. The van der Waals surface area contributed by atoms with Gasteiger partial charge in [-0.05, 0) is 31.5 Å². The van der Waals surface area contributed by atoms with E-state index >= 15 is 0 Å². The zero-order valence-electron chi connectivity index (χ0n) is 11.1. The van der Waals surface area contributed by atoms with Crippen molar-refractivity contribution < 1.29 is 13.9 Å². The molecule has 0 aliphatic rings. The number of hydrogen-bond donors (Lipinski definition) is 2. The summed E-state index contributed by atoms with van der Waals surface area (Å²) < 4.78 is 18.2. The van der Waals surface area contributed by atoms with E-state index in [1.807, 2.05) is 6.92 Å². The standard InChI is InChI=1S/C13H19FN2O2/c1-8(16-9(2)13(17)15-3)10-5-6-11(14)12(7-10)18-4/h5-9,16H,1-4H3,(H,15,17). The van der Waals surface area contributed by atoms with Gasteiger partial charge >= 0.3 is 0 Å². The summed E-state index contributed by atoms with van der Waals surface area (Å²) in [5.41, 5.74) is 0.865. The molecule has 0 bridgehead atoms. The molecule has 2 atom stereocenters. The molecule has 0 heterocycles. The Morgan fingerprint density at radius 3 is 2.61 bits per heavy atom. The van der Waals surface area contributed by atoms with E-state index in [4.69, 9.17) is 4.74 Å². The summed E-state index contributed by atoms with van der Waals surface area (Å²) in [4.78, 5) is 11.4. The molecule has 0 aliphatic carbocycles. The van der Waals surface area contributed by atoms with Gasteiger partial charge in [-0.2, -0.15) is 0 Å². The van der Waals surface area contributed by atoms with Gasteiger partial charge in [-0.3, -0.25) is 10.1 Å². The van der Waals surface area contributed by atoms with Crippen molar-refractivity contribution in [3.8, 4) is 5.75 Å². The number of benzene rings is 1. The SMILES string of the molecule is CNC(=O)C(C)NC(C)c1ccc(F)c(OC)c1. The molecule has 1 aromatic carbocycles. The average Bonchev–Trinajstić information content (AvgIpc) is 2.37. The van der Waals surface area contributed by atoms with E-state index in [1.54, 1.807) is 26.1 Å². The predicted molar refractivity (Wildman–Crippen MR) is 68.0 cm³/mol. The number of halogens is 1. The largest absolute Gasteiger partial charge is 0.494 e. The van der Waals surface area contributed by atoms with Gasteiger partial charge in [-0.15, -0.1) is 0 Å². The molecule has 0 aromatic heterocycles. The molecule has 1 amide bonds. The van der Waals surface area contributed by atoms with Crippen LogP contribution in [-0.2, 0) is 4.79 Å². The lowest BCUT2D eigenvalue weighted by Crippen LogP contribution is -2.41. The Morgan fingerprint density at radius 2 is 2.06 bits per heavy atom. The monoisotopic (exact) mass is 254 g/mol. The van der Waals surface area contributed by atoms with Crippen LogP contribution in [0.4, 0.5) is 4.39 Å². The van der Waals surface area contributed by atoms with Crippen molar-refractivity contribution in [3.05, 3.63) is 29.6 Å². The molecule has 4 nitrogen and oxygen atoms in total. The van der Waals surface area contributed by atoms with Crippen LogP contribution in [0.15, 0.2) is 18.2 Å². The highest BCUT2D eigenvalue weighted by Gasteiger charge is 2.16. The summed E-state index contributed by atoms with van der Waals surface area (Å²) in [6.45, 7) is 3.68. The zero-order chi connectivity index (χ0) is 13.7. The van der Waals surface area contributed by atoms with Gasteiger partial charge in [0.2, 0.25) is 5.91 Å². The number of methoxy groups -OCH3 is 1. The Labute approximate surface area is 107 Å². The Morgan fingerprint density at radius 1 is 1.39 bits per heavy atom. The van der Waals surface area contributed by atoms with Gasteiger partial charge in [0.1, 0.15) is 0 Å². The lowest BCUT2D eigenvalue weighted by molar-refractivity contribution is -0.122. The lowest BCUT2D eigenvalue weighted by atomic mass is 10.1. The quantitative estimate of drug-likeness (QED) is 0.839. The first-order chi connectivity index (χ1) is 8.49. The van der Waals surface area contributed by atoms with Crippen molar-refractivity contribution in [2.24, 2.45) is 0 Å². The summed E-state index contributed by atoms with van der Waals surface area (Å²) in [5.74, 6) is -0.280. The second-order valence-electron chi connectivity index (χ2n) is 4.12. The molecule has 100 valence electrons. The molecular weight excluding hydrogens is 235 g/mol. The summed E-state index contributed by atoms with van der Waals surface area (Å²) in [7, 11) is 3.01. The van der Waals surface area contributed by atoms with Gasteiger partial charge in [0.15, 0.2) is 11.6 Å². The first-order valence-electron chi connectivity index (χ1n) is 5.80. The van der Waals surface area contributed by atoms with Gasteiger partial charge < -0.3 is 10.1 Å². The van der Waals surface area contributed by atoms with Gasteiger partial charge in [0.25, 0.3) is 0 Å². The summed E-state index contributed by atoms with van der Waals surface area (Å²) in [6, 6.07) is 4.26. The molecule has 5 heteroatoms. The minimum absolute atomic E-state index is 0.0770. The van der Waals surface area contributed by atoms with Crippen molar-refractivity contribution in [2.45, 2.75) is 25.9 Å². The van der Waals surface area contributed by atoms with Crippen LogP contribution >= 0.6 is 0 Å². The van der Waals surface area contributed by atoms with E-state index < -0.39 is 5.82 Å². The van der Waals surface area contributed by atoms with Crippen LogP contribution in [0.3, 0.4) is 0 Å². The molecule has 1 aromatic rings. The summed E-state index contributed by atoms with van der Waals surface area (Å²) in [6.07, 6.45) is 0. The van der Waals surface area contributed by atoms with E-state index in [-0.39, 0.29) is 23.7 Å². The van der Waals surface area contributed by atoms with Crippen LogP contribution in [0.5, 0.6) is 5.75 Å². The molecule has 0 saturated carbocycles. The molecule has 0 saturated heterocycles. The number of carbonyl (C=O) groups is 1. The average molecular weight is 254 g/mol. The Bertz CT molecular complexity index is 423. The first-order valence-corrected chi connectivity index (χ1v) is 5.80. The van der Waals surface area contributed by atoms with Crippen molar-refractivity contribution >= 4 is 5.91 Å². The topological polar surface area (TPSA) is 50.4 Å². The van der Waals surface area contributed by atoms with E-state index in [0.717, 1.165) is 5.56 Å². The Hall–Kier alpha value is -1.62. The molecule has 2 N–H and O–H groups in total. The highest BCUT2D eigenvalue weighted by atomic mass is 19.1. The van der Waals surface area contributed by atoms with Crippen LogP contribution in [-0.4, -0.2) is 26.1 Å². The molecule has 18 heavy (non-hydrogen) atoms. The summed E-state index contributed by atoms with van der Waals surface area (Å²) >= 11 is 0. The lowest BCUT2D eigenvalue weighted by Gasteiger charge is -2.19. The van der Waals surface area contributed by atoms with E-state index in [9.17, 15) is 9.18 Å². The number of ether oxygens (including phenoxy) is 1. The third-order valence-corrected chi connectivity index (χ3v) is 2.81. The van der Waals surface area contributed by atoms with Crippen molar-refractivity contribution in [1.29, 1.82) is 0 Å². The predicted octanol–water partition coefficient (Wildman–Crippen LogP) is 1.62. The number of rotatable bonds is 5. The second-order valence-corrected chi connectivity index (χ2v) is 4.12. The minimum Gasteiger partial charge on any atom is -0.494 e. The number of nitrogens with one attached hydrogen (secondary N) is 2. The maximum Gasteiger partial charge on any atom is 0.236 e. The van der Waals surface area contributed by atoms with Crippen molar-refractivity contribution in [1.82, 2.24) is 10.6 Å². The molecule has 0 fully saturated rings. The fourth-order valence-electron chi connectivity index (χ4n) is 1.71. The van der Waals surface area contributed by atoms with Crippen LogP contribution in [0.25, 0.3) is 0 Å². The molecule has 0 spiro atoms. The second kappa shape index (κ2) is 6.35. The van der Waals surface area contributed by atoms with Gasteiger partial charge in [0.05, 0.1) is 13.2 Å². The van der Waals surface area contributed by atoms with Gasteiger partial charge in [-0.1, -0.05) is 6.07 Å². The van der Waals surface area contributed by atoms with E-state index in [1.165, 1.54) is 13.2 Å². The van der Waals surface area contributed by atoms with Crippen LogP contribution < -0.4 is 15.4 Å². The van der Waals surface area contributed by atoms with Crippen molar-refractivity contribution in [3.63, 3.8) is 0 Å². The van der Waals surface area contributed by atoms with Gasteiger partial charge in [0, 0.05) is 13.1 Å². The minimum atomic E-state index is -0.396. The third kappa shape index (κ3) is 3.43. The summed E-state index contributed by atoms with van der Waals surface area (Å²) in [5, 5.41) is 5.69. The van der Waals surface area contributed by atoms with Crippen LogP contribution in [0, 0.1) is 5.82 Å². The van der Waals surface area contributed by atoms with Crippen LogP contribution in [0.1, 0.15) is 25.5 Å². The number of amides is 1. The van der Waals surface area contributed by atoms with Crippen LogP contribution in [0.2, 0.25) is 0 Å². The maximum absolute atomic E-state index is 13.3. The first kappa shape index (κ1) is 14.4. The molecular formula is C13H19FN2O2. The molecule has 2 unspecified atom stereocenters. The van der Waals surface area contributed by atoms with Gasteiger partial charge in [-0.25, -0.2) is 4.39 Å². The van der Waals surface area contributed by atoms with E-state index in [0.29, 0.717) is 0 Å². The third-order valence-electron chi connectivity index (χ3n) is 2.81. The normalized spacial score (nSPS) is 13.8. The zero-order valence-corrected chi connectivity index (χ0v) is 11.1. The van der Waals surface area contributed by atoms with Crippen molar-refractivity contribution in [2.75, 3.05) is 14.2 Å². The molecule has 0 radical (unpaired) electrons. The molecule has 0 aliphatic heterocycles.